The fourth-order valence-corrected chi connectivity index (χ4v) is 1.48. The van der Waals surface area contributed by atoms with E-state index in [2.05, 4.69) is 27.3 Å². The van der Waals surface area contributed by atoms with Crippen molar-refractivity contribution < 1.29 is 9.13 Å². The van der Waals surface area contributed by atoms with Crippen molar-refractivity contribution in [3.05, 3.63) is 34.1 Å². The van der Waals surface area contributed by atoms with Gasteiger partial charge in [0.2, 0.25) is 0 Å². The average molecular weight is 287 g/mol. The molecule has 1 aromatic rings. The van der Waals surface area contributed by atoms with Gasteiger partial charge in [-0.15, -0.1) is 0 Å². The lowest BCUT2D eigenvalue weighted by Gasteiger charge is -2.11. The van der Waals surface area contributed by atoms with Gasteiger partial charge < -0.3 is 4.74 Å². The number of benzene rings is 1. The molecule has 0 amide bonds. The third kappa shape index (κ3) is 3.56. The molecule has 0 aromatic heterocycles. The first-order chi connectivity index (χ1) is 7.69. The highest BCUT2D eigenvalue weighted by Gasteiger charge is 2.11. The predicted octanol–water partition coefficient (Wildman–Crippen LogP) is 2.39. The lowest BCUT2D eigenvalue weighted by atomic mass is 10.1. The van der Waals surface area contributed by atoms with Crippen LogP contribution in [0.2, 0.25) is 0 Å². The van der Waals surface area contributed by atoms with Crippen molar-refractivity contribution in [2.75, 3.05) is 20.3 Å². The number of hydrogen-bond donors (Lipinski definition) is 1. The number of nitriles is 1. The summed E-state index contributed by atoms with van der Waals surface area (Å²) in [4.78, 5) is 0. The molecule has 1 N–H and O–H groups in total. The van der Waals surface area contributed by atoms with Gasteiger partial charge in [0, 0.05) is 13.7 Å². The molecule has 0 saturated heterocycles. The Hall–Kier alpha value is -0.960. The van der Waals surface area contributed by atoms with Crippen molar-refractivity contribution in [3.63, 3.8) is 0 Å². The van der Waals surface area contributed by atoms with Crippen LogP contribution >= 0.6 is 15.9 Å². The highest BCUT2D eigenvalue weighted by atomic mass is 79.9. The van der Waals surface area contributed by atoms with E-state index in [1.165, 1.54) is 6.07 Å². The number of nitrogens with zero attached hydrogens (tertiary/aromatic N) is 1. The Morgan fingerprint density at radius 1 is 1.62 bits per heavy atom. The van der Waals surface area contributed by atoms with Crippen LogP contribution in [0.4, 0.5) is 4.39 Å². The molecular weight excluding hydrogens is 275 g/mol. The van der Waals surface area contributed by atoms with Crippen LogP contribution in [0.1, 0.15) is 11.6 Å². The number of rotatable bonds is 5. The van der Waals surface area contributed by atoms with E-state index in [9.17, 15) is 4.39 Å². The van der Waals surface area contributed by atoms with Gasteiger partial charge in [0.05, 0.1) is 17.1 Å². The summed E-state index contributed by atoms with van der Waals surface area (Å²) in [5.74, 6) is -0.369. The normalized spacial score (nSPS) is 12.1. The zero-order valence-electron chi connectivity index (χ0n) is 8.84. The summed E-state index contributed by atoms with van der Waals surface area (Å²) >= 11 is 3.07. The minimum absolute atomic E-state index is 0.369. The third-order valence-corrected chi connectivity index (χ3v) is 2.70. The smallest absolute Gasteiger partial charge is 0.137 e. The van der Waals surface area contributed by atoms with Crippen LogP contribution in [0, 0.1) is 17.1 Å². The molecule has 0 radical (unpaired) electrons. The maximum atomic E-state index is 13.3. The summed E-state index contributed by atoms with van der Waals surface area (Å²) < 4.78 is 18.5. The van der Waals surface area contributed by atoms with Crippen LogP contribution in [-0.4, -0.2) is 20.3 Å². The molecule has 0 aliphatic heterocycles. The zero-order valence-corrected chi connectivity index (χ0v) is 10.4. The summed E-state index contributed by atoms with van der Waals surface area (Å²) in [5.41, 5.74) is 0.610. The quantitative estimate of drug-likeness (QED) is 0.846. The lowest BCUT2D eigenvalue weighted by Crippen LogP contribution is -2.24. The molecule has 0 saturated carbocycles. The fraction of sp³-hybridized carbons (Fsp3) is 0.364. The summed E-state index contributed by atoms with van der Waals surface area (Å²) in [6.45, 7) is 1.06. The second-order valence-corrected chi connectivity index (χ2v) is 4.04. The maximum Gasteiger partial charge on any atom is 0.137 e. The first-order valence-corrected chi connectivity index (χ1v) is 5.55. The zero-order chi connectivity index (χ0) is 12.0. The number of nitrogens with one attached hydrogen (secondary N) is 1. The SMILES string of the molecule is COCCNC(C#N)c1ccc(Br)c(F)c1. The molecule has 0 spiro atoms. The minimum atomic E-state index is -0.516. The molecule has 1 aromatic carbocycles. The van der Waals surface area contributed by atoms with Crippen molar-refractivity contribution in [2.45, 2.75) is 6.04 Å². The first-order valence-electron chi connectivity index (χ1n) is 4.76. The van der Waals surface area contributed by atoms with Crippen molar-refractivity contribution in [1.29, 1.82) is 5.26 Å². The number of ether oxygens (including phenoxy) is 1. The fourth-order valence-electron chi connectivity index (χ4n) is 1.24. The van der Waals surface area contributed by atoms with Gasteiger partial charge in [0.15, 0.2) is 0 Å². The predicted molar refractivity (Wildman–Crippen MR) is 62.3 cm³/mol. The van der Waals surface area contributed by atoms with Crippen LogP contribution in [0.3, 0.4) is 0 Å². The van der Waals surface area contributed by atoms with E-state index < -0.39 is 6.04 Å². The van der Waals surface area contributed by atoms with Gasteiger partial charge in [0.25, 0.3) is 0 Å². The molecule has 1 unspecified atom stereocenters. The molecule has 0 fully saturated rings. The molecule has 0 aliphatic rings. The van der Waals surface area contributed by atoms with Crippen LogP contribution < -0.4 is 5.32 Å². The van der Waals surface area contributed by atoms with Crippen LogP contribution in [-0.2, 0) is 4.74 Å². The molecule has 16 heavy (non-hydrogen) atoms. The Labute approximate surface area is 102 Å². The van der Waals surface area contributed by atoms with Gasteiger partial charge in [-0.3, -0.25) is 5.32 Å². The highest BCUT2D eigenvalue weighted by Crippen LogP contribution is 2.20. The monoisotopic (exact) mass is 286 g/mol. The van der Waals surface area contributed by atoms with E-state index in [1.807, 2.05) is 0 Å². The van der Waals surface area contributed by atoms with E-state index >= 15 is 0 Å². The van der Waals surface area contributed by atoms with E-state index in [0.717, 1.165) is 0 Å². The van der Waals surface area contributed by atoms with Crippen LogP contribution in [0.15, 0.2) is 22.7 Å². The molecule has 0 aliphatic carbocycles. The first kappa shape index (κ1) is 13.1. The Kier molecular flexibility index (Phi) is 5.39. The largest absolute Gasteiger partial charge is 0.383 e. The summed E-state index contributed by atoms with van der Waals surface area (Å²) in [5, 5.41) is 11.9. The van der Waals surface area contributed by atoms with Gasteiger partial charge in [0.1, 0.15) is 11.9 Å². The van der Waals surface area contributed by atoms with E-state index in [-0.39, 0.29) is 5.82 Å². The topological polar surface area (TPSA) is 45.0 Å². The summed E-state index contributed by atoms with van der Waals surface area (Å²) in [6.07, 6.45) is 0. The molecule has 1 rings (SSSR count). The van der Waals surface area contributed by atoms with E-state index in [1.54, 1.807) is 19.2 Å². The molecule has 5 heteroatoms. The number of halogens is 2. The molecule has 1 atom stereocenters. The maximum absolute atomic E-state index is 13.3. The third-order valence-electron chi connectivity index (χ3n) is 2.06. The summed E-state index contributed by atoms with van der Waals surface area (Å²) in [7, 11) is 1.59. The molecule has 0 bridgehead atoms. The van der Waals surface area contributed by atoms with Gasteiger partial charge in [-0.1, -0.05) is 6.07 Å². The molecule has 3 nitrogen and oxygen atoms in total. The number of hydrogen-bond acceptors (Lipinski definition) is 3. The van der Waals surface area contributed by atoms with Crippen molar-refractivity contribution in [1.82, 2.24) is 5.32 Å². The second kappa shape index (κ2) is 6.59. The molecule has 86 valence electrons. The van der Waals surface area contributed by atoms with Gasteiger partial charge in [-0.25, -0.2) is 4.39 Å². The van der Waals surface area contributed by atoms with Gasteiger partial charge in [-0.2, -0.15) is 5.26 Å². The van der Waals surface area contributed by atoms with Crippen molar-refractivity contribution >= 4 is 15.9 Å². The van der Waals surface area contributed by atoms with Crippen molar-refractivity contribution in [3.8, 4) is 6.07 Å². The van der Waals surface area contributed by atoms with Gasteiger partial charge >= 0.3 is 0 Å². The lowest BCUT2D eigenvalue weighted by molar-refractivity contribution is 0.198. The molecule has 0 heterocycles. The van der Waals surface area contributed by atoms with Crippen molar-refractivity contribution in [2.24, 2.45) is 0 Å². The Balaban J connectivity index is 2.72. The van der Waals surface area contributed by atoms with Crippen LogP contribution in [0.25, 0.3) is 0 Å². The Morgan fingerprint density at radius 3 is 2.94 bits per heavy atom. The summed E-state index contributed by atoms with van der Waals surface area (Å²) in [6, 6.07) is 6.20. The standard InChI is InChI=1S/C11H12BrFN2O/c1-16-5-4-15-11(7-14)8-2-3-9(12)10(13)6-8/h2-3,6,11,15H,4-5H2,1H3. The second-order valence-electron chi connectivity index (χ2n) is 3.18. The highest BCUT2D eigenvalue weighted by molar-refractivity contribution is 9.10. The molecular formula is C11H12BrFN2O. The Morgan fingerprint density at radius 2 is 2.38 bits per heavy atom. The minimum Gasteiger partial charge on any atom is -0.383 e. The van der Waals surface area contributed by atoms with E-state index in [4.69, 9.17) is 10.00 Å². The van der Waals surface area contributed by atoms with Crippen LogP contribution in [0.5, 0.6) is 0 Å². The van der Waals surface area contributed by atoms with Gasteiger partial charge in [-0.05, 0) is 33.6 Å². The Bertz CT molecular complexity index is 392. The average Bonchev–Trinajstić information content (AvgIpc) is 2.29. The van der Waals surface area contributed by atoms with E-state index in [0.29, 0.717) is 23.2 Å². The number of methoxy groups -OCH3 is 1.